The van der Waals surface area contributed by atoms with E-state index in [1.807, 2.05) is 12.1 Å². The van der Waals surface area contributed by atoms with Crippen LogP contribution in [0, 0.1) is 5.82 Å². The molecule has 3 aromatic rings. The third-order valence-corrected chi connectivity index (χ3v) is 4.91. The van der Waals surface area contributed by atoms with Crippen LogP contribution in [-0.2, 0) is 21.8 Å². The zero-order valence-corrected chi connectivity index (χ0v) is 14.4. The van der Waals surface area contributed by atoms with Crippen LogP contribution in [0.2, 0.25) is 0 Å². The maximum Gasteiger partial charge on any atom is 0.325 e. The van der Waals surface area contributed by atoms with Crippen LogP contribution in [-0.4, -0.2) is 17.6 Å². The normalized spacial score (nSPS) is 10.8. The SMILES string of the molecule is COC(=O)Cn1c(SCc2ccc(F)cc2)cc(=O)c2ccccc21. The summed E-state index contributed by atoms with van der Waals surface area (Å²) in [6.45, 7) is 0.0169. The molecule has 3 rings (SSSR count). The summed E-state index contributed by atoms with van der Waals surface area (Å²) >= 11 is 1.42. The molecule has 6 heteroatoms. The maximum absolute atomic E-state index is 13.0. The first-order chi connectivity index (χ1) is 12.1. The molecule has 128 valence electrons. The molecule has 0 saturated carbocycles. The number of hydrogen-bond acceptors (Lipinski definition) is 4. The van der Waals surface area contributed by atoms with Crippen LogP contribution in [0.15, 0.2) is 64.4 Å². The van der Waals surface area contributed by atoms with Crippen molar-refractivity contribution in [3.63, 3.8) is 0 Å². The second-order valence-corrected chi connectivity index (χ2v) is 6.44. The van der Waals surface area contributed by atoms with Crippen molar-refractivity contribution in [1.29, 1.82) is 0 Å². The molecule has 0 spiro atoms. The van der Waals surface area contributed by atoms with Gasteiger partial charge < -0.3 is 9.30 Å². The number of fused-ring (bicyclic) bond motifs is 1. The van der Waals surface area contributed by atoms with Crippen molar-refractivity contribution < 1.29 is 13.9 Å². The molecule has 0 atom stereocenters. The van der Waals surface area contributed by atoms with E-state index in [1.165, 1.54) is 37.1 Å². The van der Waals surface area contributed by atoms with Crippen LogP contribution in [0.1, 0.15) is 5.56 Å². The smallest absolute Gasteiger partial charge is 0.325 e. The van der Waals surface area contributed by atoms with Crippen LogP contribution in [0.3, 0.4) is 0 Å². The van der Waals surface area contributed by atoms with E-state index in [2.05, 4.69) is 0 Å². The predicted molar refractivity (Wildman–Crippen MR) is 96.2 cm³/mol. The molecule has 2 aromatic carbocycles. The molecule has 25 heavy (non-hydrogen) atoms. The Bertz CT molecular complexity index is 967. The number of para-hydroxylation sites is 1. The number of carbonyl (C=O) groups excluding carboxylic acids is 1. The third-order valence-electron chi connectivity index (χ3n) is 3.80. The monoisotopic (exact) mass is 357 g/mol. The quantitative estimate of drug-likeness (QED) is 0.517. The summed E-state index contributed by atoms with van der Waals surface area (Å²) in [6, 6.07) is 14.9. The molecule has 0 N–H and O–H groups in total. The summed E-state index contributed by atoms with van der Waals surface area (Å²) in [6.07, 6.45) is 0. The number of thioether (sulfide) groups is 1. The fourth-order valence-electron chi connectivity index (χ4n) is 2.52. The van der Waals surface area contributed by atoms with Gasteiger partial charge in [0.2, 0.25) is 0 Å². The molecule has 0 saturated heterocycles. The molecule has 0 aliphatic carbocycles. The van der Waals surface area contributed by atoms with Crippen molar-refractivity contribution in [2.45, 2.75) is 17.3 Å². The van der Waals surface area contributed by atoms with Crippen molar-refractivity contribution in [2.24, 2.45) is 0 Å². The van der Waals surface area contributed by atoms with Gasteiger partial charge in [0, 0.05) is 17.2 Å². The Morgan fingerprint density at radius 3 is 2.60 bits per heavy atom. The average Bonchev–Trinajstić information content (AvgIpc) is 2.63. The number of hydrogen-bond donors (Lipinski definition) is 0. The molecule has 0 amide bonds. The summed E-state index contributed by atoms with van der Waals surface area (Å²) < 4.78 is 19.6. The minimum Gasteiger partial charge on any atom is -0.468 e. The van der Waals surface area contributed by atoms with Crippen molar-refractivity contribution >= 4 is 28.6 Å². The van der Waals surface area contributed by atoms with Crippen molar-refractivity contribution in [2.75, 3.05) is 7.11 Å². The van der Waals surface area contributed by atoms with Gasteiger partial charge in [0.1, 0.15) is 12.4 Å². The molecule has 1 aromatic heterocycles. The molecule has 1 heterocycles. The van der Waals surface area contributed by atoms with E-state index < -0.39 is 5.97 Å². The zero-order chi connectivity index (χ0) is 17.8. The second kappa shape index (κ2) is 7.53. The molecule has 4 nitrogen and oxygen atoms in total. The lowest BCUT2D eigenvalue weighted by Crippen LogP contribution is -2.17. The third kappa shape index (κ3) is 3.91. The van der Waals surface area contributed by atoms with Gasteiger partial charge in [0.05, 0.1) is 17.7 Å². The minimum absolute atomic E-state index is 0.0169. The van der Waals surface area contributed by atoms with Crippen molar-refractivity contribution in [3.05, 3.63) is 76.2 Å². The fourth-order valence-corrected chi connectivity index (χ4v) is 3.53. The van der Waals surface area contributed by atoms with Gasteiger partial charge in [-0.25, -0.2) is 4.39 Å². The average molecular weight is 357 g/mol. The number of pyridine rings is 1. The largest absolute Gasteiger partial charge is 0.468 e. The Morgan fingerprint density at radius 2 is 1.88 bits per heavy atom. The summed E-state index contributed by atoms with van der Waals surface area (Å²) in [5.74, 6) is -0.126. The Kier molecular flexibility index (Phi) is 5.19. The lowest BCUT2D eigenvalue weighted by atomic mass is 10.2. The Labute approximate surface area is 148 Å². The highest BCUT2D eigenvalue weighted by Crippen LogP contribution is 2.25. The molecule has 0 aliphatic rings. The Hall–Kier alpha value is -2.60. The van der Waals surface area contributed by atoms with Gasteiger partial charge in [-0.2, -0.15) is 0 Å². The number of esters is 1. The van der Waals surface area contributed by atoms with Gasteiger partial charge in [-0.1, -0.05) is 24.3 Å². The van der Waals surface area contributed by atoms with Gasteiger partial charge in [0.15, 0.2) is 5.43 Å². The fraction of sp³-hybridized carbons (Fsp3) is 0.158. The first kappa shape index (κ1) is 17.2. The lowest BCUT2D eigenvalue weighted by molar-refractivity contribution is -0.141. The Balaban J connectivity index is 2.00. The van der Waals surface area contributed by atoms with E-state index in [-0.39, 0.29) is 17.8 Å². The number of methoxy groups -OCH3 is 1. The van der Waals surface area contributed by atoms with Crippen LogP contribution >= 0.6 is 11.8 Å². The van der Waals surface area contributed by atoms with Gasteiger partial charge >= 0.3 is 5.97 Å². The second-order valence-electron chi connectivity index (χ2n) is 5.44. The summed E-state index contributed by atoms with van der Waals surface area (Å²) in [5.41, 5.74) is 1.51. The molecule has 0 radical (unpaired) electrons. The first-order valence-corrected chi connectivity index (χ1v) is 8.63. The number of ether oxygens (including phenoxy) is 1. The van der Waals surface area contributed by atoms with Crippen molar-refractivity contribution in [3.8, 4) is 0 Å². The van der Waals surface area contributed by atoms with E-state index in [0.29, 0.717) is 21.7 Å². The predicted octanol–water partition coefficient (Wildman–Crippen LogP) is 3.61. The minimum atomic E-state index is -0.391. The molecule has 0 unspecified atom stereocenters. The van der Waals surface area contributed by atoms with Crippen LogP contribution in [0.5, 0.6) is 0 Å². The van der Waals surface area contributed by atoms with E-state index in [1.54, 1.807) is 28.8 Å². The molecular formula is C19H16FNO3S. The van der Waals surface area contributed by atoms with E-state index in [0.717, 1.165) is 5.56 Å². The number of nitrogens with zero attached hydrogens (tertiary/aromatic N) is 1. The highest BCUT2D eigenvalue weighted by molar-refractivity contribution is 7.98. The topological polar surface area (TPSA) is 48.3 Å². The first-order valence-electron chi connectivity index (χ1n) is 7.65. The van der Waals surface area contributed by atoms with Gasteiger partial charge in [-0.15, -0.1) is 11.8 Å². The molecular weight excluding hydrogens is 341 g/mol. The van der Waals surface area contributed by atoms with E-state index in [9.17, 15) is 14.0 Å². The number of carbonyl (C=O) groups is 1. The number of rotatable bonds is 5. The maximum atomic E-state index is 13.0. The van der Waals surface area contributed by atoms with Crippen LogP contribution < -0.4 is 5.43 Å². The summed E-state index contributed by atoms with van der Waals surface area (Å²) in [5, 5.41) is 1.22. The summed E-state index contributed by atoms with van der Waals surface area (Å²) in [7, 11) is 1.33. The van der Waals surface area contributed by atoms with Gasteiger partial charge in [-0.3, -0.25) is 9.59 Å². The Morgan fingerprint density at radius 1 is 1.16 bits per heavy atom. The van der Waals surface area contributed by atoms with Crippen LogP contribution in [0.25, 0.3) is 10.9 Å². The number of benzene rings is 2. The van der Waals surface area contributed by atoms with E-state index in [4.69, 9.17) is 4.74 Å². The number of halogens is 1. The van der Waals surface area contributed by atoms with E-state index >= 15 is 0 Å². The molecule has 0 bridgehead atoms. The standard InChI is InChI=1S/C19H16FNO3S/c1-24-19(23)11-21-16-5-3-2-4-15(16)17(22)10-18(21)25-12-13-6-8-14(20)9-7-13/h2-10H,11-12H2,1H3. The summed E-state index contributed by atoms with van der Waals surface area (Å²) in [4.78, 5) is 24.2. The number of aromatic nitrogens is 1. The van der Waals surface area contributed by atoms with Gasteiger partial charge in [-0.05, 0) is 29.8 Å². The van der Waals surface area contributed by atoms with Crippen molar-refractivity contribution in [1.82, 2.24) is 4.57 Å². The molecule has 0 aliphatic heterocycles. The highest BCUT2D eigenvalue weighted by atomic mass is 32.2. The zero-order valence-electron chi connectivity index (χ0n) is 13.6. The van der Waals surface area contributed by atoms with Gasteiger partial charge in [0.25, 0.3) is 0 Å². The lowest BCUT2D eigenvalue weighted by Gasteiger charge is -2.15. The van der Waals surface area contributed by atoms with Crippen LogP contribution in [0.4, 0.5) is 4.39 Å². The molecule has 0 fully saturated rings. The highest BCUT2D eigenvalue weighted by Gasteiger charge is 2.13.